The molecule has 0 aromatic carbocycles. The van der Waals surface area contributed by atoms with Gasteiger partial charge in [0, 0.05) is 0 Å². The van der Waals surface area contributed by atoms with Gasteiger partial charge in [-0.05, 0) is 38.5 Å². The third-order valence-electron chi connectivity index (χ3n) is 10.2. The number of rotatable bonds is 39. The van der Waals surface area contributed by atoms with E-state index in [9.17, 15) is 25.2 Å². The molecule has 0 saturated heterocycles. The summed E-state index contributed by atoms with van der Waals surface area (Å²) in [6.07, 6.45) is 40.9. The van der Waals surface area contributed by atoms with Crippen LogP contribution in [0.2, 0.25) is 0 Å². The Kier molecular flexibility index (Phi) is 37.5. The third kappa shape index (κ3) is 32.7. The van der Waals surface area contributed by atoms with E-state index in [4.69, 9.17) is 0 Å². The smallest absolute Gasteiger partial charge is 0.249 e. The fourth-order valence-corrected chi connectivity index (χ4v) is 6.75. The normalized spacial score (nSPS) is 14.3. The highest BCUT2D eigenvalue weighted by Gasteiger charge is 2.28. The predicted molar refractivity (Wildman–Crippen MR) is 210 cm³/mol. The van der Waals surface area contributed by atoms with E-state index in [1.54, 1.807) is 0 Å². The second kappa shape index (κ2) is 38.3. The molecule has 49 heavy (non-hydrogen) atoms. The molecule has 0 heterocycles. The summed E-state index contributed by atoms with van der Waals surface area (Å²) in [4.78, 5) is 12.5. The van der Waals surface area contributed by atoms with Crippen LogP contribution in [0, 0.1) is 0 Å². The highest BCUT2D eigenvalue weighted by atomic mass is 16.3. The minimum atomic E-state index is -1.26. The first-order valence-corrected chi connectivity index (χ1v) is 21.6. The van der Waals surface area contributed by atoms with Crippen LogP contribution in [0.4, 0.5) is 0 Å². The summed E-state index contributed by atoms with van der Waals surface area (Å²) in [5.41, 5.74) is 0. The number of aliphatic hydroxyl groups is 4. The van der Waals surface area contributed by atoms with E-state index in [2.05, 4.69) is 31.3 Å². The zero-order valence-corrected chi connectivity index (χ0v) is 32.7. The Bertz CT molecular complexity index is 702. The van der Waals surface area contributed by atoms with Gasteiger partial charge in [-0.25, -0.2) is 0 Å². The summed E-state index contributed by atoms with van der Waals surface area (Å²) in [6, 6.07) is -0.986. The van der Waals surface area contributed by atoms with Gasteiger partial charge in [-0.2, -0.15) is 0 Å². The third-order valence-corrected chi connectivity index (χ3v) is 10.2. The molecular formula is C43H85NO5. The molecule has 0 aliphatic heterocycles. The molecule has 0 spiro atoms. The predicted octanol–water partition coefficient (Wildman–Crippen LogP) is 11.0. The van der Waals surface area contributed by atoms with Crippen LogP contribution in [0.3, 0.4) is 0 Å². The number of unbranched alkanes of at least 4 members (excludes halogenated alkanes) is 28. The van der Waals surface area contributed by atoms with Gasteiger partial charge in [-0.15, -0.1) is 0 Å². The van der Waals surface area contributed by atoms with Crippen molar-refractivity contribution >= 4 is 5.91 Å². The number of carbonyl (C=O) groups excluding carboxylic acids is 1. The molecule has 4 atom stereocenters. The first-order valence-electron chi connectivity index (χ1n) is 21.6. The van der Waals surface area contributed by atoms with Crippen LogP contribution >= 0.6 is 0 Å². The van der Waals surface area contributed by atoms with E-state index in [0.29, 0.717) is 12.8 Å². The standard InChI is InChI=1S/C43H85NO5/c1-3-5-7-9-11-13-15-17-19-20-21-23-24-26-28-30-32-34-36-40(46)42(48)39(38-45)44-43(49)41(47)37-35-33-31-29-27-25-22-18-16-14-12-10-8-6-4-2/h22,25,39-42,45-48H,3-21,23-24,26-38H2,1-2H3,(H,44,49)/b25-22-. The fourth-order valence-electron chi connectivity index (χ4n) is 6.75. The largest absolute Gasteiger partial charge is 0.394 e. The van der Waals surface area contributed by atoms with E-state index in [0.717, 1.165) is 51.4 Å². The average Bonchev–Trinajstić information content (AvgIpc) is 3.11. The molecule has 6 heteroatoms. The van der Waals surface area contributed by atoms with Crippen LogP contribution in [-0.2, 0) is 4.79 Å². The molecule has 0 radical (unpaired) electrons. The number of aliphatic hydroxyl groups excluding tert-OH is 4. The Labute approximate surface area is 304 Å². The lowest BCUT2D eigenvalue weighted by Gasteiger charge is -2.27. The van der Waals surface area contributed by atoms with Crippen molar-refractivity contribution in [1.29, 1.82) is 0 Å². The Morgan fingerprint density at radius 2 is 0.816 bits per heavy atom. The van der Waals surface area contributed by atoms with E-state index < -0.39 is 36.9 Å². The van der Waals surface area contributed by atoms with Crippen LogP contribution in [0.1, 0.15) is 226 Å². The quantitative estimate of drug-likeness (QED) is 0.0325. The van der Waals surface area contributed by atoms with Gasteiger partial charge in [-0.1, -0.05) is 199 Å². The van der Waals surface area contributed by atoms with E-state index >= 15 is 0 Å². The second-order valence-electron chi connectivity index (χ2n) is 15.0. The van der Waals surface area contributed by atoms with Gasteiger partial charge < -0.3 is 25.7 Å². The SMILES string of the molecule is CCCCCCCCC/C=C\CCCCCCC(O)C(=O)NC(CO)C(O)C(O)CCCCCCCCCCCCCCCCCCCC. The van der Waals surface area contributed by atoms with Gasteiger partial charge >= 0.3 is 0 Å². The van der Waals surface area contributed by atoms with E-state index in [1.165, 1.54) is 148 Å². The second-order valence-corrected chi connectivity index (χ2v) is 15.0. The number of nitrogens with one attached hydrogen (secondary N) is 1. The number of hydrogen-bond acceptors (Lipinski definition) is 5. The van der Waals surface area contributed by atoms with Crippen molar-refractivity contribution in [3.63, 3.8) is 0 Å². The first kappa shape index (κ1) is 48.0. The van der Waals surface area contributed by atoms with Gasteiger partial charge in [0.2, 0.25) is 5.91 Å². The van der Waals surface area contributed by atoms with Crippen molar-refractivity contribution in [2.75, 3.05) is 6.61 Å². The van der Waals surface area contributed by atoms with E-state index in [1.807, 2.05) is 0 Å². The van der Waals surface area contributed by atoms with Crippen LogP contribution in [0.25, 0.3) is 0 Å². The summed E-state index contributed by atoms with van der Waals surface area (Å²) < 4.78 is 0. The molecular weight excluding hydrogens is 610 g/mol. The molecule has 292 valence electrons. The van der Waals surface area contributed by atoms with Gasteiger partial charge in [-0.3, -0.25) is 4.79 Å². The van der Waals surface area contributed by atoms with Crippen LogP contribution < -0.4 is 5.32 Å². The summed E-state index contributed by atoms with van der Waals surface area (Å²) >= 11 is 0. The lowest BCUT2D eigenvalue weighted by Crippen LogP contribution is -2.53. The van der Waals surface area contributed by atoms with Crippen molar-refractivity contribution in [2.24, 2.45) is 0 Å². The van der Waals surface area contributed by atoms with Gasteiger partial charge in [0.05, 0.1) is 18.8 Å². The Balaban J connectivity index is 3.75. The molecule has 0 fully saturated rings. The first-order chi connectivity index (χ1) is 24.0. The average molecular weight is 696 g/mol. The molecule has 1 amide bonds. The Hall–Kier alpha value is -0.950. The lowest BCUT2D eigenvalue weighted by molar-refractivity contribution is -0.132. The number of hydrogen-bond donors (Lipinski definition) is 5. The van der Waals surface area contributed by atoms with Crippen LogP contribution in [0.5, 0.6) is 0 Å². The molecule has 0 aromatic rings. The highest BCUT2D eigenvalue weighted by Crippen LogP contribution is 2.16. The van der Waals surface area contributed by atoms with Crippen LogP contribution in [0.15, 0.2) is 12.2 Å². The molecule has 0 aliphatic carbocycles. The molecule has 4 unspecified atom stereocenters. The summed E-state index contributed by atoms with van der Waals surface area (Å²) in [6.45, 7) is 4.05. The van der Waals surface area contributed by atoms with Crippen molar-refractivity contribution in [2.45, 2.75) is 250 Å². The van der Waals surface area contributed by atoms with E-state index in [-0.39, 0.29) is 0 Å². The minimum absolute atomic E-state index is 0.357. The monoisotopic (exact) mass is 696 g/mol. The fraction of sp³-hybridized carbons (Fsp3) is 0.930. The molecule has 0 saturated carbocycles. The number of allylic oxidation sites excluding steroid dienone is 2. The maximum absolute atomic E-state index is 12.5. The van der Waals surface area contributed by atoms with Gasteiger partial charge in [0.25, 0.3) is 0 Å². The van der Waals surface area contributed by atoms with Crippen molar-refractivity contribution in [1.82, 2.24) is 5.32 Å². The maximum Gasteiger partial charge on any atom is 0.249 e. The maximum atomic E-state index is 12.5. The topological polar surface area (TPSA) is 110 Å². The molecule has 0 bridgehead atoms. The van der Waals surface area contributed by atoms with Crippen molar-refractivity contribution < 1.29 is 25.2 Å². The Morgan fingerprint density at radius 1 is 0.490 bits per heavy atom. The summed E-state index contributed by atoms with van der Waals surface area (Å²) in [5.74, 6) is -0.591. The van der Waals surface area contributed by atoms with Crippen molar-refractivity contribution in [3.8, 4) is 0 Å². The Morgan fingerprint density at radius 3 is 1.18 bits per heavy atom. The molecule has 0 rings (SSSR count). The molecule has 0 aliphatic rings. The number of amides is 1. The van der Waals surface area contributed by atoms with Gasteiger partial charge in [0.15, 0.2) is 0 Å². The van der Waals surface area contributed by atoms with Crippen LogP contribution in [-0.4, -0.2) is 57.3 Å². The van der Waals surface area contributed by atoms with Crippen molar-refractivity contribution in [3.05, 3.63) is 12.2 Å². The highest BCUT2D eigenvalue weighted by molar-refractivity contribution is 5.80. The molecule has 0 aromatic heterocycles. The minimum Gasteiger partial charge on any atom is -0.394 e. The lowest BCUT2D eigenvalue weighted by atomic mass is 9.99. The van der Waals surface area contributed by atoms with Gasteiger partial charge in [0.1, 0.15) is 12.2 Å². The summed E-state index contributed by atoms with van der Waals surface area (Å²) in [5, 5.41) is 43.6. The molecule has 6 nitrogen and oxygen atoms in total. The number of carbonyl (C=O) groups is 1. The zero-order chi connectivity index (χ0) is 36.0. The summed E-state index contributed by atoms with van der Waals surface area (Å²) in [7, 11) is 0. The molecule has 5 N–H and O–H groups in total. The zero-order valence-electron chi connectivity index (χ0n) is 32.7.